The second kappa shape index (κ2) is 5.10. The summed E-state index contributed by atoms with van der Waals surface area (Å²) < 4.78 is 0. The fourth-order valence-corrected chi connectivity index (χ4v) is 0.998. The average Bonchev–Trinajstić information content (AvgIpc) is 1.91. The monoisotopic (exact) mass is 139 g/mol. The summed E-state index contributed by atoms with van der Waals surface area (Å²) in [6.45, 7) is 12.2. The normalized spacial score (nSPS) is 11.3. The zero-order chi connectivity index (χ0) is 7.98. The SMILES string of the molecule is C=CC=C(C)N(CC)CC. The van der Waals surface area contributed by atoms with E-state index < -0.39 is 0 Å². The molecule has 0 aliphatic carbocycles. The third kappa shape index (κ3) is 2.72. The van der Waals surface area contributed by atoms with Crippen LogP contribution in [0.25, 0.3) is 0 Å². The molecule has 0 saturated carbocycles. The molecule has 0 bridgehead atoms. The van der Waals surface area contributed by atoms with Gasteiger partial charge in [0.1, 0.15) is 0 Å². The molecule has 0 amide bonds. The van der Waals surface area contributed by atoms with Crippen molar-refractivity contribution >= 4 is 0 Å². The van der Waals surface area contributed by atoms with Crippen LogP contribution in [0.4, 0.5) is 0 Å². The summed E-state index contributed by atoms with van der Waals surface area (Å²) in [5, 5.41) is 0. The summed E-state index contributed by atoms with van der Waals surface area (Å²) in [5.41, 5.74) is 1.29. The van der Waals surface area contributed by atoms with Crippen LogP contribution >= 0.6 is 0 Å². The Morgan fingerprint density at radius 2 is 1.90 bits per heavy atom. The maximum atomic E-state index is 3.65. The van der Waals surface area contributed by atoms with Crippen LogP contribution in [0.1, 0.15) is 20.8 Å². The van der Waals surface area contributed by atoms with Crippen molar-refractivity contribution in [3.63, 3.8) is 0 Å². The molecule has 0 radical (unpaired) electrons. The van der Waals surface area contributed by atoms with Crippen LogP contribution in [0.3, 0.4) is 0 Å². The van der Waals surface area contributed by atoms with E-state index >= 15 is 0 Å². The smallest absolute Gasteiger partial charge is 0.0146 e. The maximum absolute atomic E-state index is 3.65. The summed E-state index contributed by atoms with van der Waals surface area (Å²) in [6, 6.07) is 0. The number of hydrogen-bond donors (Lipinski definition) is 0. The molecule has 0 aliphatic rings. The zero-order valence-corrected chi connectivity index (χ0v) is 7.22. The highest BCUT2D eigenvalue weighted by Gasteiger charge is 1.95. The minimum Gasteiger partial charge on any atom is -0.376 e. The van der Waals surface area contributed by atoms with Crippen molar-refractivity contribution in [1.29, 1.82) is 0 Å². The molecule has 1 nitrogen and oxygen atoms in total. The molecule has 0 aromatic carbocycles. The van der Waals surface area contributed by atoms with E-state index in [1.165, 1.54) is 5.70 Å². The van der Waals surface area contributed by atoms with Gasteiger partial charge in [0, 0.05) is 18.8 Å². The van der Waals surface area contributed by atoms with Gasteiger partial charge in [-0.25, -0.2) is 0 Å². The zero-order valence-electron chi connectivity index (χ0n) is 7.22. The van der Waals surface area contributed by atoms with Crippen molar-refractivity contribution in [2.24, 2.45) is 0 Å². The number of allylic oxidation sites excluding steroid dienone is 3. The maximum Gasteiger partial charge on any atom is 0.0146 e. The van der Waals surface area contributed by atoms with E-state index in [4.69, 9.17) is 0 Å². The quantitative estimate of drug-likeness (QED) is 0.541. The molecule has 0 aromatic rings. The Labute approximate surface area is 64.0 Å². The predicted octanol–water partition coefficient (Wildman–Crippen LogP) is 2.42. The Kier molecular flexibility index (Phi) is 4.73. The summed E-state index contributed by atoms with van der Waals surface area (Å²) in [4.78, 5) is 2.29. The minimum atomic E-state index is 1.08. The molecule has 0 atom stereocenters. The summed E-state index contributed by atoms with van der Waals surface area (Å²) in [6.07, 6.45) is 3.86. The van der Waals surface area contributed by atoms with Gasteiger partial charge < -0.3 is 4.90 Å². The van der Waals surface area contributed by atoms with Crippen LogP contribution in [0.2, 0.25) is 0 Å². The van der Waals surface area contributed by atoms with E-state index in [1.807, 2.05) is 12.2 Å². The molecule has 0 heterocycles. The lowest BCUT2D eigenvalue weighted by Gasteiger charge is -2.20. The van der Waals surface area contributed by atoms with Crippen LogP contribution in [-0.2, 0) is 0 Å². The average molecular weight is 139 g/mol. The Morgan fingerprint density at radius 1 is 1.40 bits per heavy atom. The first-order valence-corrected chi connectivity index (χ1v) is 3.80. The topological polar surface area (TPSA) is 3.24 Å². The first-order chi connectivity index (χ1) is 4.76. The molecule has 58 valence electrons. The van der Waals surface area contributed by atoms with Gasteiger partial charge in [-0.1, -0.05) is 12.7 Å². The first kappa shape index (κ1) is 9.28. The van der Waals surface area contributed by atoms with Crippen LogP contribution in [-0.4, -0.2) is 18.0 Å². The van der Waals surface area contributed by atoms with E-state index in [0.29, 0.717) is 0 Å². The van der Waals surface area contributed by atoms with Gasteiger partial charge in [-0.15, -0.1) is 0 Å². The molecular weight excluding hydrogens is 122 g/mol. The van der Waals surface area contributed by atoms with Gasteiger partial charge in [0.25, 0.3) is 0 Å². The molecule has 0 aromatic heterocycles. The molecule has 0 spiro atoms. The fourth-order valence-electron chi connectivity index (χ4n) is 0.998. The van der Waals surface area contributed by atoms with Gasteiger partial charge in [-0.3, -0.25) is 0 Å². The first-order valence-electron chi connectivity index (χ1n) is 3.80. The molecule has 0 saturated heterocycles. The molecule has 0 aliphatic heterocycles. The lowest BCUT2D eigenvalue weighted by Crippen LogP contribution is -2.20. The Balaban J connectivity index is 3.99. The van der Waals surface area contributed by atoms with Crippen molar-refractivity contribution in [3.05, 3.63) is 24.4 Å². The number of nitrogens with zero attached hydrogens (tertiary/aromatic N) is 1. The van der Waals surface area contributed by atoms with Gasteiger partial charge >= 0.3 is 0 Å². The van der Waals surface area contributed by atoms with Crippen LogP contribution in [0, 0.1) is 0 Å². The van der Waals surface area contributed by atoms with E-state index in [0.717, 1.165) is 13.1 Å². The van der Waals surface area contributed by atoms with Gasteiger partial charge in [-0.2, -0.15) is 0 Å². The third-order valence-corrected chi connectivity index (χ3v) is 1.62. The Bertz CT molecular complexity index is 121. The van der Waals surface area contributed by atoms with Crippen molar-refractivity contribution in [1.82, 2.24) is 4.90 Å². The predicted molar refractivity (Wildman–Crippen MR) is 46.9 cm³/mol. The van der Waals surface area contributed by atoms with E-state index in [1.54, 1.807) is 0 Å². The van der Waals surface area contributed by atoms with Crippen LogP contribution in [0.5, 0.6) is 0 Å². The highest BCUT2D eigenvalue weighted by molar-refractivity contribution is 5.06. The van der Waals surface area contributed by atoms with Crippen molar-refractivity contribution < 1.29 is 0 Å². The van der Waals surface area contributed by atoms with Gasteiger partial charge in [-0.05, 0) is 26.8 Å². The fraction of sp³-hybridized carbons (Fsp3) is 0.556. The molecule has 0 unspecified atom stereocenters. The van der Waals surface area contributed by atoms with Crippen molar-refractivity contribution in [2.75, 3.05) is 13.1 Å². The molecule has 10 heavy (non-hydrogen) atoms. The van der Waals surface area contributed by atoms with Gasteiger partial charge in [0.2, 0.25) is 0 Å². The van der Waals surface area contributed by atoms with Crippen molar-refractivity contribution in [2.45, 2.75) is 20.8 Å². The molecule has 0 rings (SSSR count). The summed E-state index contributed by atoms with van der Waals surface area (Å²) in [5.74, 6) is 0. The summed E-state index contributed by atoms with van der Waals surface area (Å²) >= 11 is 0. The molecule has 0 N–H and O–H groups in total. The van der Waals surface area contributed by atoms with Crippen LogP contribution in [0.15, 0.2) is 24.4 Å². The summed E-state index contributed by atoms with van der Waals surface area (Å²) in [7, 11) is 0. The van der Waals surface area contributed by atoms with E-state index in [-0.39, 0.29) is 0 Å². The molecule has 1 heteroatoms. The third-order valence-electron chi connectivity index (χ3n) is 1.62. The van der Waals surface area contributed by atoms with Crippen LogP contribution < -0.4 is 0 Å². The molecular formula is C9H17N. The largest absolute Gasteiger partial charge is 0.376 e. The lowest BCUT2D eigenvalue weighted by molar-refractivity contribution is 0.384. The van der Waals surface area contributed by atoms with E-state index in [2.05, 4.69) is 32.3 Å². The Morgan fingerprint density at radius 3 is 2.20 bits per heavy atom. The number of rotatable bonds is 4. The van der Waals surface area contributed by atoms with Crippen molar-refractivity contribution in [3.8, 4) is 0 Å². The second-order valence-electron chi connectivity index (χ2n) is 2.22. The van der Waals surface area contributed by atoms with Gasteiger partial charge in [0.05, 0.1) is 0 Å². The standard InChI is InChI=1S/C9H17N/c1-5-8-9(4)10(6-2)7-3/h5,8H,1,6-7H2,2-4H3. The van der Waals surface area contributed by atoms with Gasteiger partial charge in [0.15, 0.2) is 0 Å². The molecule has 0 fully saturated rings. The minimum absolute atomic E-state index is 1.08. The van der Waals surface area contributed by atoms with E-state index in [9.17, 15) is 0 Å². The highest BCUT2D eigenvalue weighted by Crippen LogP contribution is 2.01. The number of hydrogen-bond acceptors (Lipinski definition) is 1. The Hall–Kier alpha value is -0.720. The lowest BCUT2D eigenvalue weighted by atomic mass is 10.3. The second-order valence-corrected chi connectivity index (χ2v) is 2.22. The highest BCUT2D eigenvalue weighted by atomic mass is 15.1.